The molecule has 0 saturated carbocycles. The van der Waals surface area contributed by atoms with Gasteiger partial charge in [0.2, 0.25) is 0 Å². The summed E-state index contributed by atoms with van der Waals surface area (Å²) < 4.78 is 2.32. The Balaban J connectivity index is 1.76. The number of hydrogen-bond donors (Lipinski definition) is 0. The second-order valence-corrected chi connectivity index (χ2v) is 6.91. The quantitative estimate of drug-likeness (QED) is 0.862. The van der Waals surface area contributed by atoms with Gasteiger partial charge < -0.3 is 9.47 Å². The molecular formula is C15H22N4S. The molecule has 1 aliphatic rings. The highest BCUT2D eigenvalue weighted by Gasteiger charge is 2.22. The van der Waals surface area contributed by atoms with E-state index >= 15 is 0 Å². The molecule has 0 aromatic carbocycles. The average Bonchev–Trinajstić information content (AvgIpc) is 2.99. The average molecular weight is 290 g/mol. The second kappa shape index (κ2) is 6.08. The lowest BCUT2D eigenvalue weighted by Gasteiger charge is -2.25. The zero-order valence-electron chi connectivity index (χ0n) is 12.2. The van der Waals surface area contributed by atoms with E-state index in [-0.39, 0.29) is 0 Å². The molecule has 3 rings (SSSR count). The molecule has 3 heterocycles. The standard InChI is InChI=1S/C15H22N4S/c1-17(2)8-13-9-18(11-14-4-3-7-20-14)12-15-16-5-6-19(15)10-13/h3-7,13H,8-12H2,1-2H3/t13-/m0/s1. The maximum Gasteiger partial charge on any atom is 0.122 e. The molecule has 2 aromatic heterocycles. The van der Waals surface area contributed by atoms with Crippen LogP contribution in [0.15, 0.2) is 29.9 Å². The van der Waals surface area contributed by atoms with Gasteiger partial charge in [0, 0.05) is 49.4 Å². The molecular weight excluding hydrogens is 268 g/mol. The van der Waals surface area contributed by atoms with E-state index in [1.165, 1.54) is 10.7 Å². The van der Waals surface area contributed by atoms with Gasteiger partial charge in [-0.15, -0.1) is 11.3 Å². The maximum absolute atomic E-state index is 4.52. The molecule has 20 heavy (non-hydrogen) atoms. The van der Waals surface area contributed by atoms with Crippen molar-refractivity contribution in [2.45, 2.75) is 19.6 Å². The normalized spacial score (nSPS) is 20.1. The highest BCUT2D eigenvalue weighted by atomic mass is 32.1. The molecule has 108 valence electrons. The molecule has 0 fully saturated rings. The van der Waals surface area contributed by atoms with Crippen LogP contribution in [0.5, 0.6) is 0 Å². The van der Waals surface area contributed by atoms with Crippen LogP contribution in [0, 0.1) is 5.92 Å². The SMILES string of the molecule is CN(C)C[C@H]1CN(Cc2cccs2)Cc2nccn2C1. The van der Waals surface area contributed by atoms with Crippen LogP contribution in [0.3, 0.4) is 0 Å². The van der Waals surface area contributed by atoms with Crippen LogP contribution in [-0.2, 0) is 19.6 Å². The molecule has 0 N–H and O–H groups in total. The van der Waals surface area contributed by atoms with Gasteiger partial charge in [0.25, 0.3) is 0 Å². The van der Waals surface area contributed by atoms with E-state index in [4.69, 9.17) is 0 Å². The van der Waals surface area contributed by atoms with Crippen molar-refractivity contribution in [3.05, 3.63) is 40.6 Å². The minimum absolute atomic E-state index is 0.653. The van der Waals surface area contributed by atoms with E-state index in [2.05, 4.69) is 57.2 Å². The Morgan fingerprint density at radius 1 is 1.40 bits per heavy atom. The van der Waals surface area contributed by atoms with Crippen molar-refractivity contribution < 1.29 is 0 Å². The van der Waals surface area contributed by atoms with Crippen LogP contribution in [0.2, 0.25) is 0 Å². The maximum atomic E-state index is 4.52. The third-order valence-corrected chi connectivity index (χ3v) is 4.58. The van der Waals surface area contributed by atoms with Crippen LogP contribution < -0.4 is 0 Å². The van der Waals surface area contributed by atoms with Crippen LogP contribution >= 0.6 is 11.3 Å². The topological polar surface area (TPSA) is 24.3 Å². The Morgan fingerprint density at radius 3 is 3.05 bits per heavy atom. The molecule has 4 nitrogen and oxygen atoms in total. The second-order valence-electron chi connectivity index (χ2n) is 5.87. The van der Waals surface area contributed by atoms with Crippen molar-refractivity contribution >= 4 is 11.3 Å². The monoisotopic (exact) mass is 290 g/mol. The van der Waals surface area contributed by atoms with Gasteiger partial charge in [0.05, 0.1) is 6.54 Å². The summed E-state index contributed by atoms with van der Waals surface area (Å²) in [6.45, 7) is 5.33. The van der Waals surface area contributed by atoms with Crippen LogP contribution in [0.4, 0.5) is 0 Å². The summed E-state index contributed by atoms with van der Waals surface area (Å²) in [6, 6.07) is 4.36. The molecule has 0 bridgehead atoms. The Kier molecular flexibility index (Phi) is 4.19. The number of fused-ring (bicyclic) bond motifs is 1. The van der Waals surface area contributed by atoms with Gasteiger partial charge in [-0.05, 0) is 25.5 Å². The Hall–Kier alpha value is -1.17. The van der Waals surface area contributed by atoms with Crippen molar-refractivity contribution in [2.24, 2.45) is 5.92 Å². The van der Waals surface area contributed by atoms with Crippen molar-refractivity contribution in [2.75, 3.05) is 27.2 Å². The van der Waals surface area contributed by atoms with Crippen molar-refractivity contribution in [1.82, 2.24) is 19.4 Å². The van der Waals surface area contributed by atoms with E-state index in [1.807, 2.05) is 17.5 Å². The molecule has 0 amide bonds. The summed E-state index contributed by atoms with van der Waals surface area (Å²) in [5.74, 6) is 1.85. The number of thiophene rings is 1. The Bertz CT molecular complexity index is 532. The van der Waals surface area contributed by atoms with E-state index in [9.17, 15) is 0 Å². The van der Waals surface area contributed by atoms with E-state index in [1.54, 1.807) is 0 Å². The zero-order valence-corrected chi connectivity index (χ0v) is 13.0. The highest BCUT2D eigenvalue weighted by molar-refractivity contribution is 7.09. The van der Waals surface area contributed by atoms with Gasteiger partial charge in [-0.25, -0.2) is 4.98 Å². The Labute approximate surface area is 124 Å². The van der Waals surface area contributed by atoms with Crippen LogP contribution in [0.25, 0.3) is 0 Å². The van der Waals surface area contributed by atoms with Crippen molar-refractivity contribution in [3.63, 3.8) is 0 Å². The minimum Gasteiger partial charge on any atom is -0.333 e. The van der Waals surface area contributed by atoms with Gasteiger partial charge >= 0.3 is 0 Å². The molecule has 1 aliphatic heterocycles. The first kappa shape index (κ1) is 13.8. The molecule has 0 aliphatic carbocycles. The zero-order chi connectivity index (χ0) is 13.9. The lowest BCUT2D eigenvalue weighted by Crippen LogP contribution is -2.33. The summed E-state index contributed by atoms with van der Waals surface area (Å²) in [6.07, 6.45) is 4.04. The first-order chi connectivity index (χ1) is 9.70. The van der Waals surface area contributed by atoms with E-state index in [0.717, 1.165) is 32.7 Å². The highest BCUT2D eigenvalue weighted by Crippen LogP contribution is 2.20. The van der Waals surface area contributed by atoms with Gasteiger partial charge in [-0.3, -0.25) is 4.90 Å². The summed E-state index contributed by atoms with van der Waals surface area (Å²) >= 11 is 1.84. The molecule has 0 spiro atoms. The first-order valence-electron chi connectivity index (χ1n) is 7.10. The predicted octanol–water partition coefficient (Wildman–Crippen LogP) is 2.14. The van der Waals surface area contributed by atoms with Crippen LogP contribution in [0.1, 0.15) is 10.7 Å². The number of nitrogens with zero attached hydrogens (tertiary/aromatic N) is 4. The molecule has 0 saturated heterocycles. The lowest BCUT2D eigenvalue weighted by molar-refractivity contribution is 0.195. The van der Waals surface area contributed by atoms with E-state index < -0.39 is 0 Å². The molecule has 0 radical (unpaired) electrons. The summed E-state index contributed by atoms with van der Waals surface area (Å²) in [5.41, 5.74) is 0. The number of imidazole rings is 1. The fraction of sp³-hybridized carbons (Fsp3) is 0.533. The largest absolute Gasteiger partial charge is 0.333 e. The van der Waals surface area contributed by atoms with Gasteiger partial charge in [-0.1, -0.05) is 6.07 Å². The van der Waals surface area contributed by atoms with E-state index in [0.29, 0.717) is 5.92 Å². The third-order valence-electron chi connectivity index (χ3n) is 3.72. The number of rotatable bonds is 4. The smallest absolute Gasteiger partial charge is 0.122 e. The summed E-state index contributed by atoms with van der Waals surface area (Å²) in [4.78, 5) is 10.8. The summed E-state index contributed by atoms with van der Waals surface area (Å²) in [7, 11) is 4.31. The molecule has 2 aromatic rings. The van der Waals surface area contributed by atoms with Gasteiger partial charge in [-0.2, -0.15) is 0 Å². The first-order valence-corrected chi connectivity index (χ1v) is 7.98. The summed E-state index contributed by atoms with van der Waals surface area (Å²) in [5, 5.41) is 2.16. The molecule has 0 unspecified atom stereocenters. The lowest BCUT2D eigenvalue weighted by atomic mass is 10.1. The molecule has 5 heteroatoms. The number of aromatic nitrogens is 2. The number of hydrogen-bond acceptors (Lipinski definition) is 4. The molecule has 1 atom stereocenters. The van der Waals surface area contributed by atoms with Crippen LogP contribution in [-0.4, -0.2) is 46.5 Å². The predicted molar refractivity (Wildman–Crippen MR) is 82.7 cm³/mol. The third kappa shape index (κ3) is 3.29. The fourth-order valence-electron chi connectivity index (χ4n) is 3.00. The Morgan fingerprint density at radius 2 is 2.30 bits per heavy atom. The fourth-order valence-corrected chi connectivity index (χ4v) is 3.74. The minimum atomic E-state index is 0.653. The van der Waals surface area contributed by atoms with Crippen molar-refractivity contribution in [3.8, 4) is 0 Å². The van der Waals surface area contributed by atoms with Crippen molar-refractivity contribution in [1.29, 1.82) is 0 Å². The van der Waals surface area contributed by atoms with Gasteiger partial charge in [0.15, 0.2) is 0 Å². The van der Waals surface area contributed by atoms with Gasteiger partial charge in [0.1, 0.15) is 5.82 Å².